The van der Waals surface area contributed by atoms with Crippen LogP contribution in [-0.4, -0.2) is 34.1 Å². The number of carbonyl (C=O) groups is 1. The summed E-state index contributed by atoms with van der Waals surface area (Å²) in [5.41, 5.74) is 1.92. The Kier molecular flexibility index (Phi) is 5.63. The molecule has 2 heterocycles. The molecule has 1 aliphatic rings. The van der Waals surface area contributed by atoms with E-state index in [1.165, 1.54) is 0 Å². The van der Waals surface area contributed by atoms with E-state index in [1.807, 2.05) is 29.2 Å². The number of ether oxygens (including phenoxy) is 1. The number of amides is 1. The third kappa shape index (κ3) is 4.75. The summed E-state index contributed by atoms with van der Waals surface area (Å²) in [4.78, 5) is 14.2. The van der Waals surface area contributed by atoms with E-state index in [-0.39, 0.29) is 5.91 Å². The van der Waals surface area contributed by atoms with Gasteiger partial charge in [0.25, 0.3) is 0 Å². The zero-order valence-electron chi connectivity index (χ0n) is 14.7. The monoisotopic (exact) mass is 361 g/mol. The Morgan fingerprint density at radius 1 is 1.44 bits per heavy atom. The Hall–Kier alpha value is -2.01. The molecule has 6 heteroatoms. The van der Waals surface area contributed by atoms with Crippen LogP contribution in [0.1, 0.15) is 44.0 Å². The predicted molar refractivity (Wildman–Crippen MR) is 97.8 cm³/mol. The molecule has 0 radical (unpaired) electrons. The van der Waals surface area contributed by atoms with Crippen molar-refractivity contribution in [2.24, 2.45) is 5.92 Å². The standard InChI is InChI=1S/C19H24ClN3O2/c1-13(2)8-19(24)23-7-6-14(11-23)18-10-16(21-22-18)12-25-17-5-3-4-15(20)9-17/h3-5,9-10,13-14H,6-8,11-12H2,1-2H3,(H,21,22). The van der Waals surface area contributed by atoms with E-state index in [9.17, 15) is 4.79 Å². The minimum atomic E-state index is 0.248. The van der Waals surface area contributed by atoms with E-state index in [4.69, 9.17) is 16.3 Å². The molecule has 2 aromatic rings. The highest BCUT2D eigenvalue weighted by Crippen LogP contribution is 2.27. The molecule has 1 amide bonds. The lowest BCUT2D eigenvalue weighted by Crippen LogP contribution is -2.29. The molecule has 0 bridgehead atoms. The number of likely N-dealkylation sites (tertiary alicyclic amines) is 1. The van der Waals surface area contributed by atoms with Gasteiger partial charge in [-0.15, -0.1) is 0 Å². The Morgan fingerprint density at radius 2 is 2.28 bits per heavy atom. The number of halogens is 1. The molecule has 0 saturated carbocycles. The quantitative estimate of drug-likeness (QED) is 0.845. The molecule has 1 fully saturated rings. The van der Waals surface area contributed by atoms with Gasteiger partial charge in [-0.1, -0.05) is 31.5 Å². The zero-order chi connectivity index (χ0) is 17.8. The number of nitrogens with one attached hydrogen (secondary N) is 1. The van der Waals surface area contributed by atoms with E-state index < -0.39 is 0 Å². The highest BCUT2D eigenvalue weighted by Gasteiger charge is 2.29. The van der Waals surface area contributed by atoms with Crippen molar-refractivity contribution in [1.29, 1.82) is 0 Å². The largest absolute Gasteiger partial charge is 0.487 e. The molecule has 5 nitrogen and oxygen atoms in total. The van der Waals surface area contributed by atoms with Crippen LogP contribution in [0.4, 0.5) is 0 Å². The van der Waals surface area contributed by atoms with Crippen molar-refractivity contribution in [3.63, 3.8) is 0 Å². The number of carbonyl (C=O) groups excluding carboxylic acids is 1. The number of aromatic nitrogens is 2. The second kappa shape index (κ2) is 7.91. The molecule has 1 aliphatic heterocycles. The minimum Gasteiger partial charge on any atom is -0.487 e. The summed E-state index contributed by atoms with van der Waals surface area (Å²) in [6.45, 7) is 6.13. The molecule has 1 aromatic heterocycles. The molecule has 25 heavy (non-hydrogen) atoms. The first-order valence-electron chi connectivity index (χ1n) is 8.71. The minimum absolute atomic E-state index is 0.248. The maximum Gasteiger partial charge on any atom is 0.222 e. The molecule has 3 rings (SSSR count). The normalized spacial score (nSPS) is 17.3. The third-order valence-corrected chi connectivity index (χ3v) is 4.62. The van der Waals surface area contributed by atoms with Crippen LogP contribution < -0.4 is 4.74 Å². The SMILES string of the molecule is CC(C)CC(=O)N1CCC(c2cc(COc3cccc(Cl)c3)[nH]n2)C1. The molecular weight excluding hydrogens is 338 g/mol. The molecule has 1 N–H and O–H groups in total. The van der Waals surface area contributed by atoms with Crippen LogP contribution in [0.5, 0.6) is 5.75 Å². The van der Waals surface area contributed by atoms with Crippen molar-refractivity contribution < 1.29 is 9.53 Å². The van der Waals surface area contributed by atoms with Gasteiger partial charge in [0.2, 0.25) is 5.91 Å². The third-order valence-electron chi connectivity index (χ3n) is 4.38. The number of rotatable bonds is 6. The molecule has 1 aromatic carbocycles. The van der Waals surface area contributed by atoms with Gasteiger partial charge < -0.3 is 9.64 Å². The first kappa shape index (κ1) is 17.8. The summed E-state index contributed by atoms with van der Waals surface area (Å²) in [6, 6.07) is 9.37. The zero-order valence-corrected chi connectivity index (χ0v) is 15.4. The lowest BCUT2D eigenvalue weighted by Gasteiger charge is -2.17. The highest BCUT2D eigenvalue weighted by atomic mass is 35.5. The second-order valence-corrected chi connectivity index (χ2v) is 7.42. The van der Waals surface area contributed by atoms with Crippen LogP contribution in [0.25, 0.3) is 0 Å². The van der Waals surface area contributed by atoms with Gasteiger partial charge in [0.1, 0.15) is 12.4 Å². The van der Waals surface area contributed by atoms with Crippen LogP contribution in [-0.2, 0) is 11.4 Å². The molecular formula is C19H24ClN3O2. The first-order valence-corrected chi connectivity index (χ1v) is 9.09. The topological polar surface area (TPSA) is 58.2 Å². The molecule has 1 atom stereocenters. The number of hydrogen-bond donors (Lipinski definition) is 1. The predicted octanol–water partition coefficient (Wildman–Crippen LogP) is 4.00. The molecule has 0 spiro atoms. The maximum atomic E-state index is 12.2. The fourth-order valence-corrected chi connectivity index (χ4v) is 3.27. The average Bonchev–Trinajstić information content (AvgIpc) is 3.21. The van der Waals surface area contributed by atoms with Gasteiger partial charge in [-0.25, -0.2) is 0 Å². The van der Waals surface area contributed by atoms with Gasteiger partial charge in [0.05, 0.1) is 11.4 Å². The van der Waals surface area contributed by atoms with E-state index in [2.05, 4.69) is 24.0 Å². The fourth-order valence-electron chi connectivity index (χ4n) is 3.09. The Bertz CT molecular complexity index is 729. The van der Waals surface area contributed by atoms with Crippen LogP contribution in [0.2, 0.25) is 5.02 Å². The number of H-pyrrole nitrogens is 1. The van der Waals surface area contributed by atoms with E-state index >= 15 is 0 Å². The molecule has 1 saturated heterocycles. The molecule has 134 valence electrons. The van der Waals surface area contributed by atoms with Crippen LogP contribution in [0.15, 0.2) is 30.3 Å². The number of benzene rings is 1. The van der Waals surface area contributed by atoms with Crippen LogP contribution >= 0.6 is 11.6 Å². The van der Waals surface area contributed by atoms with Gasteiger partial charge in [-0.3, -0.25) is 9.89 Å². The molecule has 1 unspecified atom stereocenters. The van der Waals surface area contributed by atoms with Crippen molar-refractivity contribution in [2.75, 3.05) is 13.1 Å². The van der Waals surface area contributed by atoms with E-state index in [0.29, 0.717) is 29.9 Å². The van der Waals surface area contributed by atoms with E-state index in [0.717, 1.165) is 36.6 Å². The van der Waals surface area contributed by atoms with Gasteiger partial charge in [0, 0.05) is 30.5 Å². The number of aromatic amines is 1. The van der Waals surface area contributed by atoms with Crippen molar-refractivity contribution >= 4 is 17.5 Å². The summed E-state index contributed by atoms with van der Waals surface area (Å²) in [6.07, 6.45) is 1.58. The Labute approximate surface area is 153 Å². The van der Waals surface area contributed by atoms with Gasteiger partial charge in [0.15, 0.2) is 0 Å². The smallest absolute Gasteiger partial charge is 0.222 e. The van der Waals surface area contributed by atoms with Gasteiger partial charge in [-0.2, -0.15) is 5.10 Å². The first-order chi connectivity index (χ1) is 12.0. The summed E-state index contributed by atoms with van der Waals surface area (Å²) in [5, 5.41) is 8.10. The van der Waals surface area contributed by atoms with Crippen molar-refractivity contribution in [3.05, 3.63) is 46.7 Å². The van der Waals surface area contributed by atoms with Crippen molar-refractivity contribution in [2.45, 2.75) is 39.2 Å². The van der Waals surface area contributed by atoms with E-state index in [1.54, 1.807) is 6.07 Å². The van der Waals surface area contributed by atoms with Crippen LogP contribution in [0.3, 0.4) is 0 Å². The molecule has 0 aliphatic carbocycles. The summed E-state index contributed by atoms with van der Waals surface area (Å²) in [5.74, 6) is 1.67. The van der Waals surface area contributed by atoms with Crippen LogP contribution in [0, 0.1) is 5.92 Å². The Balaban J connectivity index is 1.54. The lowest BCUT2D eigenvalue weighted by molar-refractivity contribution is -0.130. The van der Waals surface area contributed by atoms with Crippen molar-refractivity contribution in [1.82, 2.24) is 15.1 Å². The summed E-state index contributed by atoms with van der Waals surface area (Å²) in [7, 11) is 0. The Morgan fingerprint density at radius 3 is 3.04 bits per heavy atom. The average molecular weight is 362 g/mol. The van der Waals surface area contributed by atoms with Crippen molar-refractivity contribution in [3.8, 4) is 5.75 Å². The van der Waals surface area contributed by atoms with Gasteiger partial charge in [-0.05, 0) is 36.6 Å². The second-order valence-electron chi connectivity index (χ2n) is 6.99. The summed E-state index contributed by atoms with van der Waals surface area (Å²) < 4.78 is 5.73. The fraction of sp³-hybridized carbons (Fsp3) is 0.474. The number of nitrogens with zero attached hydrogens (tertiary/aromatic N) is 2. The number of hydrogen-bond acceptors (Lipinski definition) is 3. The summed E-state index contributed by atoms with van der Waals surface area (Å²) >= 11 is 5.96. The lowest BCUT2D eigenvalue weighted by atomic mass is 10.1. The maximum absolute atomic E-state index is 12.2. The highest BCUT2D eigenvalue weighted by molar-refractivity contribution is 6.30. The van der Waals surface area contributed by atoms with Gasteiger partial charge >= 0.3 is 0 Å².